The van der Waals surface area contributed by atoms with Gasteiger partial charge in [0.1, 0.15) is 0 Å². The molecule has 0 radical (unpaired) electrons. The number of amides is 1. The molecule has 0 aliphatic carbocycles. The van der Waals surface area contributed by atoms with E-state index >= 15 is 0 Å². The quantitative estimate of drug-likeness (QED) is 0.574. The van der Waals surface area contributed by atoms with Crippen molar-refractivity contribution >= 4 is 40.9 Å². The summed E-state index contributed by atoms with van der Waals surface area (Å²) in [5.41, 5.74) is 7.02. The van der Waals surface area contributed by atoms with Crippen LogP contribution in [0.4, 0.5) is 5.69 Å². The van der Waals surface area contributed by atoms with E-state index in [1.54, 1.807) is 0 Å². The molecule has 0 atom stereocenters. The van der Waals surface area contributed by atoms with Gasteiger partial charge in [-0.05, 0) is 19.1 Å². The van der Waals surface area contributed by atoms with E-state index in [1.165, 1.54) is 0 Å². The Morgan fingerprint density at radius 1 is 1.44 bits per heavy atom. The van der Waals surface area contributed by atoms with Crippen LogP contribution in [0.15, 0.2) is 24.3 Å². The van der Waals surface area contributed by atoms with E-state index in [2.05, 4.69) is 5.32 Å². The monoisotopic (exact) mass is 259 g/mol. The highest BCUT2D eigenvalue weighted by Gasteiger charge is 2.02. The van der Waals surface area contributed by atoms with E-state index in [4.69, 9.17) is 11.1 Å². The zero-order chi connectivity index (χ0) is 11.3. The largest absolute Gasteiger partial charge is 0.379 e. The van der Waals surface area contributed by atoms with Gasteiger partial charge in [-0.15, -0.1) is 12.4 Å². The smallest absolute Gasteiger partial charge is 0.234 e. The fraction of sp³-hybridized carbons (Fsp3) is 0.200. The minimum atomic E-state index is -0.154. The molecule has 0 spiro atoms. The van der Waals surface area contributed by atoms with Crippen molar-refractivity contribution in [2.24, 2.45) is 5.73 Å². The molecule has 88 valence electrons. The Hall–Kier alpha value is -1.20. The highest BCUT2D eigenvalue weighted by molar-refractivity contribution is 8.14. The van der Waals surface area contributed by atoms with Gasteiger partial charge in [-0.1, -0.05) is 29.5 Å². The lowest BCUT2D eigenvalue weighted by molar-refractivity contribution is -0.113. The normalized spacial score (nSPS) is 9.06. The maximum absolute atomic E-state index is 11.3. The lowest BCUT2D eigenvalue weighted by Crippen LogP contribution is -2.17. The molecule has 6 heteroatoms. The second-order valence-corrected chi connectivity index (χ2v) is 4.08. The molecule has 0 saturated carbocycles. The van der Waals surface area contributed by atoms with Gasteiger partial charge < -0.3 is 11.1 Å². The van der Waals surface area contributed by atoms with Crippen molar-refractivity contribution in [3.63, 3.8) is 0 Å². The molecular formula is C10H14ClN3OS. The molecule has 0 aliphatic heterocycles. The number of amidine groups is 1. The van der Waals surface area contributed by atoms with Gasteiger partial charge in [0.2, 0.25) is 5.91 Å². The molecule has 0 saturated heterocycles. The first-order valence-electron chi connectivity index (χ1n) is 4.41. The molecule has 0 heterocycles. The maximum atomic E-state index is 11.3. The molecule has 0 aliphatic rings. The number of aryl methyl sites for hydroxylation is 1. The van der Waals surface area contributed by atoms with Crippen LogP contribution in [-0.2, 0) is 4.79 Å². The fourth-order valence-corrected chi connectivity index (χ4v) is 1.34. The molecule has 0 aromatic heterocycles. The van der Waals surface area contributed by atoms with Crippen molar-refractivity contribution in [3.05, 3.63) is 29.8 Å². The average molecular weight is 260 g/mol. The van der Waals surface area contributed by atoms with E-state index in [0.29, 0.717) is 0 Å². The second-order valence-electron chi connectivity index (χ2n) is 3.07. The first-order valence-corrected chi connectivity index (χ1v) is 5.40. The highest BCUT2D eigenvalue weighted by Crippen LogP contribution is 2.09. The van der Waals surface area contributed by atoms with Crippen molar-refractivity contribution in [2.75, 3.05) is 11.1 Å². The van der Waals surface area contributed by atoms with Crippen LogP contribution >= 0.6 is 24.2 Å². The number of nitrogens with two attached hydrogens (primary N) is 1. The number of benzene rings is 1. The number of nitrogens with one attached hydrogen (secondary N) is 2. The standard InChI is InChI=1S/C10H13N3OS.ClH/c1-7-2-4-8(5-3-7)13-9(14)6-15-10(11)12;/h2-5H,6H2,1H3,(H3,11,12)(H,13,14);1H. The van der Waals surface area contributed by atoms with Crippen molar-refractivity contribution in [1.29, 1.82) is 5.41 Å². The Labute approximate surface area is 105 Å². The SMILES string of the molecule is Cc1ccc(NC(=O)CSC(=N)N)cc1.Cl. The van der Waals surface area contributed by atoms with E-state index in [-0.39, 0.29) is 29.2 Å². The van der Waals surface area contributed by atoms with Gasteiger partial charge in [-0.3, -0.25) is 10.2 Å². The van der Waals surface area contributed by atoms with Crippen molar-refractivity contribution in [2.45, 2.75) is 6.92 Å². The molecule has 1 aromatic rings. The van der Waals surface area contributed by atoms with Crippen LogP contribution < -0.4 is 11.1 Å². The predicted molar refractivity (Wildman–Crippen MR) is 71.4 cm³/mol. The summed E-state index contributed by atoms with van der Waals surface area (Å²) in [6, 6.07) is 7.53. The van der Waals surface area contributed by atoms with Crippen LogP contribution in [0.25, 0.3) is 0 Å². The minimum absolute atomic E-state index is 0. The molecule has 4 nitrogen and oxygen atoms in total. The van der Waals surface area contributed by atoms with Crippen molar-refractivity contribution in [3.8, 4) is 0 Å². The third-order valence-electron chi connectivity index (χ3n) is 1.69. The van der Waals surface area contributed by atoms with E-state index < -0.39 is 0 Å². The number of carbonyl (C=O) groups is 1. The molecule has 16 heavy (non-hydrogen) atoms. The topological polar surface area (TPSA) is 79.0 Å². The molecular weight excluding hydrogens is 246 g/mol. The van der Waals surface area contributed by atoms with Crippen LogP contribution in [-0.4, -0.2) is 16.8 Å². The molecule has 1 rings (SSSR count). The molecule has 0 unspecified atom stereocenters. The molecule has 1 aromatic carbocycles. The summed E-state index contributed by atoms with van der Waals surface area (Å²) in [6.07, 6.45) is 0. The summed E-state index contributed by atoms with van der Waals surface area (Å²) in [5.74, 6) is 0.0162. The summed E-state index contributed by atoms with van der Waals surface area (Å²) in [5, 5.41) is 9.62. The Morgan fingerprint density at radius 2 is 2.00 bits per heavy atom. The number of hydrogen-bond acceptors (Lipinski definition) is 3. The van der Waals surface area contributed by atoms with Gasteiger partial charge in [0.25, 0.3) is 0 Å². The molecule has 0 fully saturated rings. The lowest BCUT2D eigenvalue weighted by atomic mass is 10.2. The number of anilines is 1. The van der Waals surface area contributed by atoms with Gasteiger partial charge in [0.05, 0.1) is 5.75 Å². The Kier molecular flexibility index (Phi) is 6.60. The summed E-state index contributed by atoms with van der Waals surface area (Å²) in [4.78, 5) is 11.3. The Bertz CT molecular complexity index is 367. The van der Waals surface area contributed by atoms with Gasteiger partial charge >= 0.3 is 0 Å². The van der Waals surface area contributed by atoms with Crippen molar-refractivity contribution < 1.29 is 4.79 Å². The second kappa shape index (κ2) is 7.14. The van der Waals surface area contributed by atoms with Crippen LogP contribution in [0.3, 0.4) is 0 Å². The molecule has 1 amide bonds. The summed E-state index contributed by atoms with van der Waals surface area (Å²) in [6.45, 7) is 1.98. The number of carbonyl (C=O) groups excluding carboxylic acids is 1. The van der Waals surface area contributed by atoms with Crippen molar-refractivity contribution in [1.82, 2.24) is 0 Å². The van der Waals surface area contributed by atoms with Crippen LogP contribution in [0.1, 0.15) is 5.56 Å². The third kappa shape index (κ3) is 5.63. The zero-order valence-corrected chi connectivity index (χ0v) is 10.5. The van der Waals surface area contributed by atoms with Crippen LogP contribution in [0.2, 0.25) is 0 Å². The van der Waals surface area contributed by atoms with E-state index in [9.17, 15) is 4.79 Å². The Morgan fingerprint density at radius 3 is 2.50 bits per heavy atom. The predicted octanol–water partition coefficient (Wildman–Crippen LogP) is 1.98. The van der Waals surface area contributed by atoms with E-state index in [1.807, 2.05) is 31.2 Å². The van der Waals surface area contributed by atoms with Gasteiger partial charge in [0, 0.05) is 5.69 Å². The highest BCUT2D eigenvalue weighted by atomic mass is 35.5. The van der Waals surface area contributed by atoms with Crippen LogP contribution in [0.5, 0.6) is 0 Å². The minimum Gasteiger partial charge on any atom is -0.379 e. The number of rotatable bonds is 3. The summed E-state index contributed by atoms with van der Waals surface area (Å²) in [7, 11) is 0. The van der Waals surface area contributed by atoms with Gasteiger partial charge in [0.15, 0.2) is 5.17 Å². The van der Waals surface area contributed by atoms with Crippen LogP contribution in [0, 0.1) is 12.3 Å². The number of hydrogen-bond donors (Lipinski definition) is 3. The molecule has 4 N–H and O–H groups in total. The fourth-order valence-electron chi connectivity index (χ4n) is 0.977. The molecule has 0 bridgehead atoms. The van der Waals surface area contributed by atoms with E-state index in [0.717, 1.165) is 23.0 Å². The maximum Gasteiger partial charge on any atom is 0.234 e. The first-order chi connectivity index (χ1) is 7.08. The number of halogens is 1. The van der Waals surface area contributed by atoms with Gasteiger partial charge in [-0.2, -0.15) is 0 Å². The first kappa shape index (κ1) is 14.8. The summed E-state index contributed by atoms with van der Waals surface area (Å²) < 4.78 is 0. The lowest BCUT2D eigenvalue weighted by Gasteiger charge is -2.04. The number of thioether (sulfide) groups is 1. The average Bonchev–Trinajstić information content (AvgIpc) is 2.19. The summed E-state index contributed by atoms with van der Waals surface area (Å²) >= 11 is 1.01. The zero-order valence-electron chi connectivity index (χ0n) is 8.82. The van der Waals surface area contributed by atoms with Gasteiger partial charge in [-0.25, -0.2) is 0 Å². The third-order valence-corrected chi connectivity index (χ3v) is 2.41. The Balaban J connectivity index is 0.00000225.